The Kier molecular flexibility index (Phi) is 6.07. The van der Waals surface area contributed by atoms with Gasteiger partial charge in [0.25, 0.3) is 5.56 Å². The van der Waals surface area contributed by atoms with Crippen molar-refractivity contribution in [3.8, 4) is 0 Å². The van der Waals surface area contributed by atoms with Gasteiger partial charge in [-0.15, -0.1) is 0 Å². The quantitative estimate of drug-likeness (QED) is 0.352. The van der Waals surface area contributed by atoms with Crippen molar-refractivity contribution in [1.29, 1.82) is 0 Å². The molecule has 0 aliphatic heterocycles. The Balaban J connectivity index is 1.63. The highest BCUT2D eigenvalue weighted by Gasteiger charge is 2.15. The van der Waals surface area contributed by atoms with Gasteiger partial charge in [0.15, 0.2) is 5.16 Å². The lowest BCUT2D eigenvalue weighted by molar-refractivity contribution is 0.517. The van der Waals surface area contributed by atoms with Gasteiger partial charge in [-0.05, 0) is 35.4 Å². The van der Waals surface area contributed by atoms with Crippen LogP contribution in [0.25, 0.3) is 0 Å². The van der Waals surface area contributed by atoms with E-state index in [-0.39, 0.29) is 5.56 Å². The molecule has 1 N–H and O–H groups in total. The van der Waals surface area contributed by atoms with Crippen LogP contribution in [0.2, 0.25) is 5.02 Å². The second kappa shape index (κ2) is 9.07. The highest BCUT2D eigenvalue weighted by atomic mass is 35.5. The van der Waals surface area contributed by atoms with E-state index in [4.69, 9.17) is 21.0 Å². The summed E-state index contributed by atoms with van der Waals surface area (Å²) in [6, 6.07) is 11.3. The van der Waals surface area contributed by atoms with Gasteiger partial charge >= 0.3 is 0 Å². The van der Waals surface area contributed by atoms with Gasteiger partial charge in [-0.25, -0.2) is 15.0 Å². The summed E-state index contributed by atoms with van der Waals surface area (Å²) >= 11 is 7.51. The van der Waals surface area contributed by atoms with Crippen molar-refractivity contribution < 1.29 is 4.42 Å². The number of benzene rings is 1. The largest absolute Gasteiger partial charge is 0.469 e. The van der Waals surface area contributed by atoms with Crippen LogP contribution in [-0.4, -0.2) is 19.9 Å². The third kappa shape index (κ3) is 5.13. The highest BCUT2D eigenvalue weighted by molar-refractivity contribution is 7.98. The summed E-state index contributed by atoms with van der Waals surface area (Å²) in [5, 5.41) is 1.24. The molecular weight excluding hydrogens is 408 g/mol. The average molecular weight is 425 g/mol. The van der Waals surface area contributed by atoms with E-state index in [2.05, 4.69) is 15.0 Å². The summed E-state index contributed by atoms with van der Waals surface area (Å²) in [7, 11) is 0. The molecule has 29 heavy (non-hydrogen) atoms. The molecule has 0 aliphatic carbocycles. The van der Waals surface area contributed by atoms with E-state index in [9.17, 15) is 4.79 Å². The van der Waals surface area contributed by atoms with Crippen LogP contribution in [0.3, 0.4) is 0 Å². The van der Waals surface area contributed by atoms with Crippen molar-refractivity contribution in [2.45, 2.75) is 23.8 Å². The monoisotopic (exact) mass is 424 g/mol. The molecule has 3 heterocycles. The minimum atomic E-state index is -0.168. The predicted octanol–water partition coefficient (Wildman–Crippen LogP) is 4.28. The Morgan fingerprint density at radius 3 is 2.69 bits per heavy atom. The lowest BCUT2D eigenvalue weighted by Crippen LogP contribution is -2.19. The Labute approximate surface area is 176 Å². The first-order chi connectivity index (χ1) is 14.2. The number of H-pyrrole nitrogens is 1. The molecule has 0 aliphatic rings. The Morgan fingerprint density at radius 2 is 1.93 bits per heavy atom. The van der Waals surface area contributed by atoms with Gasteiger partial charge in [0.1, 0.15) is 12.1 Å². The van der Waals surface area contributed by atoms with Crippen LogP contribution >= 0.6 is 23.4 Å². The fraction of sp³-hybridized carbons (Fsp3) is 0.143. The van der Waals surface area contributed by atoms with Gasteiger partial charge in [-0.2, -0.15) is 0 Å². The Hall–Kier alpha value is -2.90. The molecule has 0 spiro atoms. The van der Waals surface area contributed by atoms with Gasteiger partial charge in [0.05, 0.1) is 12.0 Å². The smallest absolute Gasteiger partial charge is 0.255 e. The van der Waals surface area contributed by atoms with E-state index in [1.54, 1.807) is 18.7 Å². The predicted molar refractivity (Wildman–Crippen MR) is 112 cm³/mol. The van der Waals surface area contributed by atoms with Crippen LogP contribution in [0, 0.1) is 0 Å². The van der Waals surface area contributed by atoms with Crippen LogP contribution in [0.5, 0.6) is 0 Å². The van der Waals surface area contributed by atoms with Crippen LogP contribution in [0.1, 0.15) is 28.1 Å². The molecule has 4 aromatic rings. The summed E-state index contributed by atoms with van der Waals surface area (Å²) in [6.07, 6.45) is 7.31. The minimum absolute atomic E-state index is 0.168. The Bertz CT molecular complexity index is 1150. The zero-order valence-electron chi connectivity index (χ0n) is 15.3. The molecule has 3 aromatic heterocycles. The highest BCUT2D eigenvalue weighted by Crippen LogP contribution is 2.22. The number of furan rings is 1. The number of halogens is 1. The summed E-state index contributed by atoms with van der Waals surface area (Å²) in [5.41, 5.74) is 3.01. The maximum atomic E-state index is 12.9. The lowest BCUT2D eigenvalue weighted by Gasteiger charge is -2.10. The zero-order chi connectivity index (χ0) is 20.1. The molecule has 8 heteroatoms. The van der Waals surface area contributed by atoms with Crippen molar-refractivity contribution in [3.05, 3.63) is 105 Å². The first-order valence-corrected chi connectivity index (χ1v) is 10.3. The second-order valence-corrected chi connectivity index (χ2v) is 7.80. The summed E-state index contributed by atoms with van der Waals surface area (Å²) in [6.45, 7) is 0. The Morgan fingerprint density at radius 1 is 1.07 bits per heavy atom. The number of rotatable bonds is 7. The molecule has 0 radical (unpaired) electrons. The number of nitrogens with one attached hydrogen (secondary N) is 1. The van der Waals surface area contributed by atoms with E-state index >= 15 is 0 Å². The number of aromatic nitrogens is 4. The molecule has 0 atom stereocenters. The number of nitrogens with zero attached hydrogens (tertiary/aromatic N) is 3. The summed E-state index contributed by atoms with van der Waals surface area (Å²) < 4.78 is 5.47. The third-order valence-electron chi connectivity index (χ3n) is 4.26. The number of aromatic amines is 1. The first-order valence-electron chi connectivity index (χ1n) is 8.93. The molecule has 0 saturated carbocycles. The van der Waals surface area contributed by atoms with Crippen LogP contribution in [0.4, 0.5) is 0 Å². The SMILES string of the molecule is O=c1[nH]c(SCc2cccc(Cl)c2)nc(Cc2ccco2)c1Cc1cncnc1. The minimum Gasteiger partial charge on any atom is -0.469 e. The fourth-order valence-corrected chi connectivity index (χ4v) is 3.94. The molecule has 0 unspecified atom stereocenters. The van der Waals surface area contributed by atoms with Gasteiger partial charge in [0.2, 0.25) is 0 Å². The molecule has 146 valence electrons. The summed E-state index contributed by atoms with van der Waals surface area (Å²) in [4.78, 5) is 28.5. The van der Waals surface area contributed by atoms with Gasteiger partial charge in [0, 0.05) is 41.6 Å². The molecule has 6 nitrogen and oxygen atoms in total. The van der Waals surface area contributed by atoms with Crippen molar-refractivity contribution in [2.24, 2.45) is 0 Å². The average Bonchev–Trinajstić information content (AvgIpc) is 3.23. The number of hydrogen-bond acceptors (Lipinski definition) is 6. The van der Waals surface area contributed by atoms with Crippen LogP contribution in [-0.2, 0) is 18.6 Å². The van der Waals surface area contributed by atoms with Crippen molar-refractivity contribution in [3.63, 3.8) is 0 Å². The topological polar surface area (TPSA) is 84.7 Å². The van der Waals surface area contributed by atoms with E-state index in [1.807, 2.05) is 36.4 Å². The van der Waals surface area contributed by atoms with Crippen molar-refractivity contribution in [1.82, 2.24) is 19.9 Å². The number of hydrogen-bond donors (Lipinski definition) is 1. The molecule has 0 bridgehead atoms. The van der Waals surface area contributed by atoms with Gasteiger partial charge < -0.3 is 9.40 Å². The summed E-state index contributed by atoms with van der Waals surface area (Å²) in [5.74, 6) is 1.40. The normalized spacial score (nSPS) is 10.9. The van der Waals surface area contributed by atoms with Crippen LogP contribution in [0.15, 0.2) is 75.8 Å². The maximum Gasteiger partial charge on any atom is 0.255 e. The maximum absolute atomic E-state index is 12.9. The standard InChI is InChI=1S/C21H17ClN4O2S/c22-16-4-1-3-14(7-16)12-29-21-25-19(9-17-5-2-6-28-17)18(20(27)26-21)8-15-10-23-13-24-11-15/h1-7,10-11,13H,8-9,12H2,(H,25,26,27). The van der Waals surface area contributed by atoms with E-state index in [1.165, 1.54) is 18.1 Å². The second-order valence-electron chi connectivity index (χ2n) is 6.39. The first kappa shape index (κ1) is 19.4. The molecule has 4 rings (SSSR count). The number of thioether (sulfide) groups is 1. The van der Waals surface area contributed by atoms with E-state index in [0.717, 1.165) is 16.9 Å². The van der Waals surface area contributed by atoms with Crippen molar-refractivity contribution in [2.75, 3.05) is 0 Å². The molecular formula is C21H17ClN4O2S. The fourth-order valence-electron chi connectivity index (χ4n) is 2.90. The molecule has 0 amide bonds. The van der Waals surface area contributed by atoms with Gasteiger partial charge in [-0.3, -0.25) is 4.79 Å². The molecule has 1 aromatic carbocycles. The van der Waals surface area contributed by atoms with Gasteiger partial charge in [-0.1, -0.05) is 35.5 Å². The van der Waals surface area contributed by atoms with Crippen molar-refractivity contribution >= 4 is 23.4 Å². The third-order valence-corrected chi connectivity index (χ3v) is 5.44. The molecule has 0 saturated heterocycles. The zero-order valence-corrected chi connectivity index (χ0v) is 16.9. The van der Waals surface area contributed by atoms with Crippen LogP contribution < -0.4 is 5.56 Å². The lowest BCUT2D eigenvalue weighted by atomic mass is 10.0. The van der Waals surface area contributed by atoms with E-state index in [0.29, 0.717) is 40.0 Å². The van der Waals surface area contributed by atoms with E-state index < -0.39 is 0 Å². The molecule has 0 fully saturated rings.